The van der Waals surface area contributed by atoms with E-state index in [1.54, 1.807) is 4.68 Å². The summed E-state index contributed by atoms with van der Waals surface area (Å²) in [4.78, 5) is 0. The number of hydrogen-bond donors (Lipinski definition) is 3. The molecule has 1 aromatic rings. The first-order valence-electron chi connectivity index (χ1n) is 6.33. The van der Waals surface area contributed by atoms with Gasteiger partial charge < -0.3 is 16.2 Å². The van der Waals surface area contributed by atoms with Crippen LogP contribution in [0.25, 0.3) is 0 Å². The van der Waals surface area contributed by atoms with Crippen molar-refractivity contribution in [3.8, 4) is 0 Å². The maximum absolute atomic E-state index is 9.47. The highest BCUT2D eigenvalue weighted by molar-refractivity contribution is 5.64. The molecule has 17 heavy (non-hydrogen) atoms. The minimum atomic E-state index is -0.243. The first-order chi connectivity index (χ1) is 8.10. The van der Waals surface area contributed by atoms with Gasteiger partial charge in [0.15, 0.2) is 0 Å². The number of nitrogens with zero attached hydrogens (tertiary/aromatic N) is 2. The normalized spacial score (nSPS) is 12.7. The lowest BCUT2D eigenvalue weighted by Crippen LogP contribution is -2.14. The van der Waals surface area contributed by atoms with Gasteiger partial charge in [-0.2, -0.15) is 5.10 Å². The number of aryl methyl sites for hydroxylation is 2. The molecule has 1 atom stereocenters. The van der Waals surface area contributed by atoms with Gasteiger partial charge in [-0.25, -0.2) is 0 Å². The maximum atomic E-state index is 9.47. The summed E-state index contributed by atoms with van der Waals surface area (Å²) in [7, 11) is 1.88. The van der Waals surface area contributed by atoms with Crippen LogP contribution in [-0.4, -0.2) is 27.5 Å². The fourth-order valence-corrected chi connectivity index (χ4v) is 1.79. The molecule has 0 aromatic carbocycles. The molecule has 0 aliphatic carbocycles. The molecule has 1 unspecified atom stereocenters. The second-order valence-corrected chi connectivity index (χ2v) is 4.36. The average molecular weight is 240 g/mol. The Morgan fingerprint density at radius 3 is 2.76 bits per heavy atom. The summed E-state index contributed by atoms with van der Waals surface area (Å²) in [5, 5.41) is 17.1. The van der Waals surface area contributed by atoms with Gasteiger partial charge in [0.1, 0.15) is 5.82 Å². The Kier molecular flexibility index (Phi) is 5.28. The van der Waals surface area contributed by atoms with E-state index in [9.17, 15) is 5.11 Å². The molecule has 5 nitrogen and oxygen atoms in total. The Balaban J connectivity index is 2.58. The number of anilines is 2. The quantitative estimate of drug-likeness (QED) is 0.675. The number of aromatic nitrogens is 2. The third kappa shape index (κ3) is 3.63. The van der Waals surface area contributed by atoms with Gasteiger partial charge in [-0.1, -0.05) is 20.3 Å². The smallest absolute Gasteiger partial charge is 0.147 e. The molecule has 5 heteroatoms. The molecule has 0 fully saturated rings. The van der Waals surface area contributed by atoms with Crippen LogP contribution in [0.5, 0.6) is 0 Å². The van der Waals surface area contributed by atoms with E-state index in [1.807, 2.05) is 14.0 Å². The molecule has 1 rings (SSSR count). The Morgan fingerprint density at radius 2 is 2.18 bits per heavy atom. The van der Waals surface area contributed by atoms with Gasteiger partial charge in [-0.05, 0) is 19.3 Å². The van der Waals surface area contributed by atoms with Gasteiger partial charge in [0, 0.05) is 13.6 Å². The second-order valence-electron chi connectivity index (χ2n) is 4.36. The molecular weight excluding hydrogens is 216 g/mol. The van der Waals surface area contributed by atoms with Gasteiger partial charge in [-0.3, -0.25) is 4.68 Å². The van der Waals surface area contributed by atoms with E-state index in [-0.39, 0.29) is 6.10 Å². The van der Waals surface area contributed by atoms with Gasteiger partial charge in [0.25, 0.3) is 0 Å². The van der Waals surface area contributed by atoms with Crippen molar-refractivity contribution in [3.05, 3.63) is 5.69 Å². The Bertz CT molecular complexity index is 349. The zero-order valence-electron chi connectivity index (χ0n) is 11.0. The molecule has 0 spiro atoms. The van der Waals surface area contributed by atoms with Gasteiger partial charge in [-0.15, -0.1) is 0 Å². The van der Waals surface area contributed by atoms with Crippen LogP contribution in [0.4, 0.5) is 11.5 Å². The lowest BCUT2D eigenvalue weighted by atomic mass is 10.2. The van der Waals surface area contributed by atoms with Crippen molar-refractivity contribution in [2.45, 2.75) is 45.6 Å². The van der Waals surface area contributed by atoms with Crippen LogP contribution >= 0.6 is 0 Å². The van der Waals surface area contributed by atoms with E-state index < -0.39 is 0 Å². The Morgan fingerprint density at radius 1 is 1.47 bits per heavy atom. The predicted molar refractivity (Wildman–Crippen MR) is 71.0 cm³/mol. The van der Waals surface area contributed by atoms with Crippen LogP contribution in [0.15, 0.2) is 0 Å². The molecule has 0 radical (unpaired) electrons. The van der Waals surface area contributed by atoms with E-state index in [0.29, 0.717) is 6.54 Å². The monoisotopic (exact) mass is 240 g/mol. The van der Waals surface area contributed by atoms with Crippen molar-refractivity contribution in [1.29, 1.82) is 0 Å². The number of nitrogens with two attached hydrogens (primary N) is 1. The number of aliphatic hydroxyl groups excluding tert-OH is 1. The zero-order chi connectivity index (χ0) is 12.8. The number of nitrogens with one attached hydrogen (secondary N) is 1. The first kappa shape index (κ1) is 13.8. The third-order valence-electron chi connectivity index (χ3n) is 2.89. The number of nitrogen functional groups attached to an aromatic ring is 1. The predicted octanol–water partition coefficient (Wildman–Crippen LogP) is 1.53. The van der Waals surface area contributed by atoms with E-state index in [2.05, 4.69) is 17.3 Å². The summed E-state index contributed by atoms with van der Waals surface area (Å²) in [6, 6.07) is 0. The van der Waals surface area contributed by atoms with Crippen molar-refractivity contribution >= 4 is 11.5 Å². The zero-order valence-corrected chi connectivity index (χ0v) is 11.0. The summed E-state index contributed by atoms with van der Waals surface area (Å²) in [6.45, 7) is 4.80. The highest BCUT2D eigenvalue weighted by Crippen LogP contribution is 2.22. The minimum absolute atomic E-state index is 0.243. The largest absolute Gasteiger partial charge is 0.394 e. The van der Waals surface area contributed by atoms with E-state index in [0.717, 1.165) is 42.9 Å². The van der Waals surface area contributed by atoms with E-state index >= 15 is 0 Å². The van der Waals surface area contributed by atoms with Crippen molar-refractivity contribution < 1.29 is 5.11 Å². The molecule has 0 saturated carbocycles. The molecule has 1 heterocycles. The molecule has 0 aliphatic heterocycles. The molecular formula is C12H24N4O. The lowest BCUT2D eigenvalue weighted by molar-refractivity contribution is 0.164. The maximum Gasteiger partial charge on any atom is 0.147 e. The lowest BCUT2D eigenvalue weighted by Gasteiger charge is -2.10. The van der Waals surface area contributed by atoms with Crippen molar-refractivity contribution in [3.63, 3.8) is 0 Å². The van der Waals surface area contributed by atoms with E-state index in [1.165, 1.54) is 0 Å². The topological polar surface area (TPSA) is 76.1 Å². The Hall–Kier alpha value is -1.23. The van der Waals surface area contributed by atoms with Crippen LogP contribution in [0.1, 0.15) is 38.8 Å². The van der Waals surface area contributed by atoms with Crippen molar-refractivity contribution in [2.75, 3.05) is 17.6 Å². The highest BCUT2D eigenvalue weighted by Gasteiger charge is 2.12. The molecule has 0 amide bonds. The molecule has 4 N–H and O–H groups in total. The minimum Gasteiger partial charge on any atom is -0.394 e. The average Bonchev–Trinajstić information content (AvgIpc) is 2.57. The second kappa shape index (κ2) is 6.49. The van der Waals surface area contributed by atoms with Crippen molar-refractivity contribution in [2.24, 2.45) is 7.05 Å². The summed E-state index contributed by atoms with van der Waals surface area (Å²) >= 11 is 0. The number of rotatable bonds is 7. The fourth-order valence-electron chi connectivity index (χ4n) is 1.79. The first-order valence-corrected chi connectivity index (χ1v) is 6.33. The van der Waals surface area contributed by atoms with Gasteiger partial charge in [0.05, 0.1) is 17.5 Å². The molecule has 0 saturated heterocycles. The summed E-state index contributed by atoms with van der Waals surface area (Å²) in [5.41, 5.74) is 7.72. The van der Waals surface area contributed by atoms with Crippen LogP contribution in [0.2, 0.25) is 0 Å². The SMILES string of the molecule is CCCc1nn(C)c(NCCC(O)CC)c1N. The summed E-state index contributed by atoms with van der Waals surface area (Å²) in [5.74, 6) is 0.858. The molecule has 0 aliphatic rings. The number of aliphatic hydroxyl groups is 1. The van der Waals surface area contributed by atoms with Crippen LogP contribution < -0.4 is 11.1 Å². The van der Waals surface area contributed by atoms with Crippen molar-refractivity contribution in [1.82, 2.24) is 9.78 Å². The standard InChI is InChI=1S/C12H24N4O/c1-4-6-10-11(13)12(16(3)15-10)14-8-7-9(17)5-2/h9,14,17H,4-8,13H2,1-3H3. The van der Waals surface area contributed by atoms with Gasteiger partial charge in [0.2, 0.25) is 0 Å². The van der Waals surface area contributed by atoms with Crippen LogP contribution in [0.3, 0.4) is 0 Å². The Labute approximate surface area is 103 Å². The molecule has 98 valence electrons. The summed E-state index contributed by atoms with van der Waals surface area (Å²) in [6.07, 6.45) is 3.20. The van der Waals surface area contributed by atoms with E-state index in [4.69, 9.17) is 5.73 Å². The highest BCUT2D eigenvalue weighted by atomic mass is 16.3. The molecule has 0 bridgehead atoms. The van der Waals surface area contributed by atoms with Crippen LogP contribution in [-0.2, 0) is 13.5 Å². The number of hydrogen-bond acceptors (Lipinski definition) is 4. The summed E-state index contributed by atoms with van der Waals surface area (Å²) < 4.78 is 1.78. The van der Waals surface area contributed by atoms with Crippen LogP contribution in [0, 0.1) is 0 Å². The fraction of sp³-hybridized carbons (Fsp3) is 0.750. The third-order valence-corrected chi connectivity index (χ3v) is 2.89. The molecule has 1 aromatic heterocycles. The van der Waals surface area contributed by atoms with Gasteiger partial charge >= 0.3 is 0 Å².